The molecule has 0 heterocycles. The van der Waals surface area contributed by atoms with Gasteiger partial charge in [-0.1, -0.05) is 173 Å². The summed E-state index contributed by atoms with van der Waals surface area (Å²) in [6.45, 7) is 6.96. The molecule has 220 valence electrons. The van der Waals surface area contributed by atoms with Crippen molar-refractivity contribution in [1.29, 1.82) is 0 Å². The van der Waals surface area contributed by atoms with Crippen molar-refractivity contribution in [2.75, 3.05) is 6.61 Å². The molecule has 0 aromatic heterocycles. The summed E-state index contributed by atoms with van der Waals surface area (Å²) in [6, 6.07) is 10.1. The molecule has 1 aromatic rings. The minimum Gasteiger partial charge on any atom is -0.464 e. The molecule has 2 atom stereocenters. The molecule has 3 heteroatoms. The van der Waals surface area contributed by atoms with Crippen molar-refractivity contribution in [2.24, 2.45) is 0 Å². The van der Waals surface area contributed by atoms with Gasteiger partial charge in [0, 0.05) is 5.92 Å². The Hall–Kier alpha value is -1.35. The number of esters is 1. The van der Waals surface area contributed by atoms with Crippen LogP contribution in [0.4, 0.5) is 0 Å². The molecule has 0 spiro atoms. The van der Waals surface area contributed by atoms with Crippen LogP contribution in [0.25, 0.3) is 0 Å². The van der Waals surface area contributed by atoms with E-state index in [2.05, 4.69) is 20.8 Å². The van der Waals surface area contributed by atoms with Crippen LogP contribution in [0.3, 0.4) is 0 Å². The fraction of sp³-hybridized carbons (Fsp3) is 0.800. The maximum Gasteiger partial charge on any atom is 0.338 e. The number of carbonyl (C=O) groups is 1. The molecule has 0 saturated heterocycles. The first-order valence-electron chi connectivity index (χ1n) is 16.5. The summed E-state index contributed by atoms with van der Waals surface area (Å²) in [5, 5.41) is 11.7. The van der Waals surface area contributed by atoms with E-state index in [1.807, 2.05) is 30.3 Å². The fourth-order valence-electron chi connectivity index (χ4n) is 5.58. The third-order valence-corrected chi connectivity index (χ3v) is 8.12. The van der Waals surface area contributed by atoms with E-state index in [9.17, 15) is 9.90 Å². The Bertz CT molecular complexity index is 658. The van der Waals surface area contributed by atoms with Crippen LogP contribution >= 0.6 is 0 Å². The molecule has 0 aliphatic carbocycles. The number of ether oxygens (including phenoxy) is 1. The number of benzene rings is 1. The predicted molar refractivity (Wildman–Crippen MR) is 164 cm³/mol. The second kappa shape index (κ2) is 23.5. The van der Waals surface area contributed by atoms with Crippen molar-refractivity contribution in [3.63, 3.8) is 0 Å². The number of hydrogen-bond donors (Lipinski definition) is 1. The first kappa shape index (κ1) is 34.7. The summed E-state index contributed by atoms with van der Waals surface area (Å²) in [4.78, 5) is 13.2. The van der Waals surface area contributed by atoms with Crippen molar-refractivity contribution in [3.05, 3.63) is 35.9 Å². The van der Waals surface area contributed by atoms with Gasteiger partial charge in [0.05, 0.1) is 6.61 Å². The summed E-state index contributed by atoms with van der Waals surface area (Å²) < 4.78 is 5.72. The van der Waals surface area contributed by atoms with Gasteiger partial charge in [-0.15, -0.1) is 0 Å². The van der Waals surface area contributed by atoms with Gasteiger partial charge >= 0.3 is 5.97 Å². The average Bonchev–Trinajstić information content (AvgIpc) is 2.94. The first-order valence-corrected chi connectivity index (χ1v) is 16.5. The molecule has 0 amide bonds. The summed E-state index contributed by atoms with van der Waals surface area (Å²) >= 11 is 0. The van der Waals surface area contributed by atoms with Gasteiger partial charge in [0.15, 0.2) is 5.60 Å². The van der Waals surface area contributed by atoms with E-state index in [1.54, 1.807) is 0 Å². The normalized spacial score (nSPS) is 13.8. The average molecular weight is 531 g/mol. The number of unbranched alkanes of at least 4 members (excludes halogenated alkanes) is 17. The van der Waals surface area contributed by atoms with Gasteiger partial charge in [0.25, 0.3) is 0 Å². The van der Waals surface area contributed by atoms with Crippen LogP contribution < -0.4 is 0 Å². The maximum absolute atomic E-state index is 13.2. The van der Waals surface area contributed by atoms with E-state index in [0.29, 0.717) is 13.0 Å². The smallest absolute Gasteiger partial charge is 0.338 e. The van der Waals surface area contributed by atoms with Crippen molar-refractivity contribution in [2.45, 2.75) is 174 Å². The number of rotatable bonds is 26. The van der Waals surface area contributed by atoms with Crippen LogP contribution in [-0.4, -0.2) is 23.3 Å². The predicted octanol–water partition coefficient (Wildman–Crippen LogP) is 10.7. The molecule has 0 bridgehead atoms. The van der Waals surface area contributed by atoms with Crippen molar-refractivity contribution < 1.29 is 14.6 Å². The van der Waals surface area contributed by atoms with Crippen LogP contribution in [0.1, 0.15) is 174 Å². The van der Waals surface area contributed by atoms with Crippen LogP contribution in [-0.2, 0) is 9.53 Å². The molecular weight excluding hydrogens is 468 g/mol. The lowest BCUT2D eigenvalue weighted by molar-refractivity contribution is -0.170. The highest BCUT2D eigenvalue weighted by Gasteiger charge is 2.45. The zero-order valence-corrected chi connectivity index (χ0v) is 25.5. The van der Waals surface area contributed by atoms with E-state index in [4.69, 9.17) is 4.74 Å². The lowest BCUT2D eigenvalue weighted by atomic mass is 9.76. The van der Waals surface area contributed by atoms with Crippen LogP contribution in [0, 0.1) is 0 Å². The standard InChI is InChI=1S/C35H62O3/c1-4-7-10-11-12-13-14-15-16-17-18-19-20-21-22-26-31-38-34(36)35(37,30-9-6-3)33(29-8-5-2)32-27-24-23-25-28-32/h23-25,27-28,33,37H,4-22,26,29-31H2,1-3H3. The van der Waals surface area contributed by atoms with Gasteiger partial charge in [-0.3, -0.25) is 0 Å². The van der Waals surface area contributed by atoms with E-state index < -0.39 is 11.6 Å². The van der Waals surface area contributed by atoms with E-state index in [1.165, 1.54) is 89.9 Å². The number of hydrogen-bond acceptors (Lipinski definition) is 3. The topological polar surface area (TPSA) is 46.5 Å². The van der Waals surface area contributed by atoms with Gasteiger partial charge in [0.2, 0.25) is 0 Å². The van der Waals surface area contributed by atoms with Gasteiger partial charge in [-0.05, 0) is 24.8 Å². The van der Waals surface area contributed by atoms with Crippen LogP contribution in [0.5, 0.6) is 0 Å². The highest BCUT2D eigenvalue weighted by molar-refractivity contribution is 5.80. The Labute approximate surface area is 236 Å². The summed E-state index contributed by atoms with van der Waals surface area (Å²) in [5.41, 5.74) is -0.402. The molecule has 1 N–H and O–H groups in total. The highest BCUT2D eigenvalue weighted by Crippen LogP contribution is 2.38. The molecule has 3 nitrogen and oxygen atoms in total. The molecule has 0 aliphatic heterocycles. The van der Waals surface area contributed by atoms with Gasteiger partial charge in [-0.25, -0.2) is 4.79 Å². The lowest BCUT2D eigenvalue weighted by Crippen LogP contribution is -2.46. The van der Waals surface area contributed by atoms with Crippen molar-refractivity contribution in [3.8, 4) is 0 Å². The second-order valence-corrected chi connectivity index (χ2v) is 11.6. The number of carbonyl (C=O) groups excluding carboxylic acids is 1. The number of aliphatic hydroxyl groups is 1. The monoisotopic (exact) mass is 530 g/mol. The Morgan fingerprint density at radius 2 is 1.11 bits per heavy atom. The summed E-state index contributed by atoms with van der Waals surface area (Å²) in [7, 11) is 0. The SMILES string of the molecule is CCCCCCCCCCCCCCCCCCOC(=O)C(O)(CCCC)C(CCCC)c1ccccc1. The molecule has 38 heavy (non-hydrogen) atoms. The van der Waals surface area contributed by atoms with E-state index >= 15 is 0 Å². The molecular formula is C35H62O3. The minimum absolute atomic E-state index is 0.214. The fourth-order valence-corrected chi connectivity index (χ4v) is 5.58. The molecule has 0 aliphatic rings. The maximum atomic E-state index is 13.2. The van der Waals surface area contributed by atoms with E-state index in [-0.39, 0.29) is 5.92 Å². The van der Waals surface area contributed by atoms with Gasteiger partial charge in [-0.2, -0.15) is 0 Å². The van der Waals surface area contributed by atoms with Crippen LogP contribution in [0.2, 0.25) is 0 Å². The first-order chi connectivity index (χ1) is 18.6. The minimum atomic E-state index is -1.44. The Balaban J connectivity index is 2.25. The highest BCUT2D eigenvalue weighted by atomic mass is 16.5. The van der Waals surface area contributed by atoms with E-state index in [0.717, 1.165) is 50.5 Å². The van der Waals surface area contributed by atoms with Gasteiger partial charge in [0.1, 0.15) is 0 Å². The van der Waals surface area contributed by atoms with Crippen molar-refractivity contribution >= 4 is 5.97 Å². The Kier molecular flexibility index (Phi) is 21.5. The Morgan fingerprint density at radius 3 is 1.58 bits per heavy atom. The second-order valence-electron chi connectivity index (χ2n) is 11.6. The largest absolute Gasteiger partial charge is 0.464 e. The van der Waals surface area contributed by atoms with Crippen LogP contribution in [0.15, 0.2) is 30.3 Å². The summed E-state index contributed by atoms with van der Waals surface area (Å²) in [6.07, 6.45) is 26.3. The molecule has 1 aromatic carbocycles. The molecule has 0 fully saturated rings. The quantitative estimate of drug-likeness (QED) is 0.0957. The molecule has 2 unspecified atom stereocenters. The lowest BCUT2D eigenvalue weighted by Gasteiger charge is -2.35. The Morgan fingerprint density at radius 1 is 0.658 bits per heavy atom. The molecule has 1 rings (SSSR count). The molecule has 0 saturated carbocycles. The summed E-state index contributed by atoms with van der Waals surface area (Å²) in [5.74, 6) is -0.634. The van der Waals surface area contributed by atoms with Gasteiger partial charge < -0.3 is 9.84 Å². The third kappa shape index (κ3) is 15.3. The third-order valence-electron chi connectivity index (χ3n) is 8.12. The molecule has 0 radical (unpaired) electrons. The van der Waals surface area contributed by atoms with Crippen molar-refractivity contribution in [1.82, 2.24) is 0 Å². The zero-order valence-electron chi connectivity index (χ0n) is 25.5. The zero-order chi connectivity index (χ0) is 27.7.